The van der Waals surface area contributed by atoms with Crippen LogP contribution in [0.15, 0.2) is 36.5 Å². The Morgan fingerprint density at radius 2 is 1.13 bits per heavy atom. The Kier molecular flexibility index (Phi) is 7.96. The summed E-state index contributed by atoms with van der Waals surface area (Å²) in [5.41, 5.74) is 0.0309. The molecule has 23 heavy (non-hydrogen) atoms. The lowest BCUT2D eigenvalue weighted by Crippen LogP contribution is -2.45. The van der Waals surface area contributed by atoms with E-state index in [-0.39, 0.29) is 36.2 Å². The summed E-state index contributed by atoms with van der Waals surface area (Å²) < 4.78 is 15.1. The van der Waals surface area contributed by atoms with Crippen LogP contribution in [0, 0.1) is 0 Å². The van der Waals surface area contributed by atoms with Gasteiger partial charge in [-0.1, -0.05) is 19.7 Å². The highest BCUT2D eigenvalue weighted by Crippen LogP contribution is 2.26. The standard InChI is InChI=1S/C16H22O7/c1-10(2)13(18)21-16(8-7-9-17,22-14(19)11(3)4)23-15(20)12(5)6/h17H,1,3,5,7-9H2,2,4,6H3. The van der Waals surface area contributed by atoms with Gasteiger partial charge in [0.05, 0.1) is 6.42 Å². The molecule has 0 fully saturated rings. The normalized spacial score (nSPS) is 10.4. The molecule has 0 saturated heterocycles. The quantitative estimate of drug-likeness (QED) is 0.391. The molecular formula is C16H22O7. The fourth-order valence-corrected chi connectivity index (χ4v) is 1.20. The molecule has 0 bridgehead atoms. The van der Waals surface area contributed by atoms with Gasteiger partial charge in [-0.05, 0) is 27.2 Å². The van der Waals surface area contributed by atoms with Crippen LogP contribution in [-0.2, 0) is 28.6 Å². The Morgan fingerprint density at radius 3 is 1.35 bits per heavy atom. The van der Waals surface area contributed by atoms with Crippen molar-refractivity contribution in [2.45, 2.75) is 39.6 Å². The van der Waals surface area contributed by atoms with E-state index in [0.29, 0.717) is 0 Å². The van der Waals surface area contributed by atoms with Gasteiger partial charge < -0.3 is 19.3 Å². The van der Waals surface area contributed by atoms with E-state index in [1.807, 2.05) is 0 Å². The van der Waals surface area contributed by atoms with Crippen molar-refractivity contribution < 1.29 is 33.7 Å². The molecule has 128 valence electrons. The van der Waals surface area contributed by atoms with Crippen LogP contribution in [0.3, 0.4) is 0 Å². The number of carbonyl (C=O) groups excluding carboxylic acids is 3. The number of hydrogen-bond acceptors (Lipinski definition) is 7. The molecule has 0 aliphatic rings. The number of ether oxygens (including phenoxy) is 3. The van der Waals surface area contributed by atoms with Gasteiger partial charge in [-0.15, -0.1) is 0 Å². The summed E-state index contributed by atoms with van der Waals surface area (Å²) in [5.74, 6) is -5.10. The summed E-state index contributed by atoms with van der Waals surface area (Å²) >= 11 is 0. The Morgan fingerprint density at radius 1 is 0.826 bits per heavy atom. The molecule has 0 aliphatic heterocycles. The lowest BCUT2D eigenvalue weighted by molar-refractivity contribution is -0.329. The largest absolute Gasteiger partial charge is 0.424 e. The van der Waals surface area contributed by atoms with Crippen molar-refractivity contribution in [3.05, 3.63) is 36.5 Å². The number of hydrogen-bond donors (Lipinski definition) is 1. The van der Waals surface area contributed by atoms with Gasteiger partial charge in [-0.3, -0.25) is 0 Å². The molecule has 0 saturated carbocycles. The third-order valence-electron chi connectivity index (χ3n) is 2.43. The maximum absolute atomic E-state index is 11.8. The molecule has 0 aromatic rings. The minimum atomic E-state index is -2.33. The van der Waals surface area contributed by atoms with Crippen molar-refractivity contribution in [2.75, 3.05) is 6.61 Å². The number of aliphatic hydroxyl groups excluding tert-OH is 1. The zero-order chi connectivity index (χ0) is 18.2. The Hall–Kier alpha value is -2.41. The molecule has 0 radical (unpaired) electrons. The lowest BCUT2D eigenvalue weighted by atomic mass is 10.2. The zero-order valence-electron chi connectivity index (χ0n) is 13.6. The van der Waals surface area contributed by atoms with E-state index < -0.39 is 23.9 Å². The van der Waals surface area contributed by atoms with Crippen molar-refractivity contribution in [1.82, 2.24) is 0 Å². The molecule has 1 N–H and O–H groups in total. The number of rotatable bonds is 9. The molecule has 0 unspecified atom stereocenters. The minimum Gasteiger partial charge on any atom is -0.396 e. The number of aliphatic hydroxyl groups is 1. The fourth-order valence-electron chi connectivity index (χ4n) is 1.20. The van der Waals surface area contributed by atoms with Crippen LogP contribution in [0.4, 0.5) is 0 Å². The molecule has 0 aromatic heterocycles. The van der Waals surface area contributed by atoms with Crippen LogP contribution >= 0.6 is 0 Å². The van der Waals surface area contributed by atoms with Gasteiger partial charge in [0.25, 0.3) is 0 Å². The second kappa shape index (κ2) is 8.89. The van der Waals surface area contributed by atoms with Gasteiger partial charge in [0, 0.05) is 23.3 Å². The second-order valence-electron chi connectivity index (χ2n) is 5.02. The predicted octanol–water partition coefficient (Wildman–Crippen LogP) is 1.77. The maximum Gasteiger partial charge on any atom is 0.424 e. The van der Waals surface area contributed by atoms with Gasteiger partial charge in [0.15, 0.2) is 0 Å². The zero-order valence-corrected chi connectivity index (χ0v) is 13.6. The van der Waals surface area contributed by atoms with Gasteiger partial charge in [-0.25, -0.2) is 14.4 Å². The first-order valence-corrected chi connectivity index (χ1v) is 6.82. The molecular weight excluding hydrogens is 304 g/mol. The molecule has 7 heteroatoms. The molecule has 0 rings (SSSR count). The predicted molar refractivity (Wildman–Crippen MR) is 81.8 cm³/mol. The van der Waals surface area contributed by atoms with Crippen molar-refractivity contribution in [3.63, 3.8) is 0 Å². The lowest BCUT2D eigenvalue weighted by Gasteiger charge is -2.31. The van der Waals surface area contributed by atoms with Gasteiger partial charge in [0.2, 0.25) is 0 Å². The van der Waals surface area contributed by atoms with E-state index in [1.165, 1.54) is 20.8 Å². The topological polar surface area (TPSA) is 99.1 Å². The van der Waals surface area contributed by atoms with Crippen LogP contribution < -0.4 is 0 Å². The summed E-state index contributed by atoms with van der Waals surface area (Å²) in [7, 11) is 0. The van der Waals surface area contributed by atoms with Gasteiger partial charge >= 0.3 is 23.9 Å². The molecule has 0 atom stereocenters. The highest BCUT2D eigenvalue weighted by Gasteiger charge is 2.43. The fraction of sp³-hybridized carbons (Fsp3) is 0.438. The van der Waals surface area contributed by atoms with Crippen molar-refractivity contribution in [3.8, 4) is 0 Å². The average Bonchev–Trinajstić information content (AvgIpc) is 2.44. The van der Waals surface area contributed by atoms with Crippen molar-refractivity contribution in [2.24, 2.45) is 0 Å². The Balaban J connectivity index is 5.67. The molecule has 0 heterocycles. The van der Waals surface area contributed by atoms with Gasteiger partial charge in [-0.2, -0.15) is 0 Å². The smallest absolute Gasteiger partial charge is 0.396 e. The summed E-state index contributed by atoms with van der Waals surface area (Å²) in [5, 5.41) is 8.99. The monoisotopic (exact) mass is 326 g/mol. The van der Waals surface area contributed by atoms with Crippen molar-refractivity contribution >= 4 is 17.9 Å². The van der Waals surface area contributed by atoms with Crippen molar-refractivity contribution in [1.29, 1.82) is 0 Å². The van der Waals surface area contributed by atoms with E-state index in [1.54, 1.807) is 0 Å². The van der Waals surface area contributed by atoms with Gasteiger partial charge in [0.1, 0.15) is 0 Å². The minimum absolute atomic E-state index is 0.0103. The van der Waals surface area contributed by atoms with Crippen LogP contribution in [-0.4, -0.2) is 35.6 Å². The summed E-state index contributed by atoms with van der Waals surface area (Å²) in [6, 6.07) is 0. The maximum atomic E-state index is 11.8. The SMILES string of the molecule is C=C(C)C(=O)OC(CCCO)(OC(=O)C(=C)C)OC(=O)C(=C)C. The third kappa shape index (κ3) is 6.92. The first-order valence-electron chi connectivity index (χ1n) is 6.82. The van der Waals surface area contributed by atoms with E-state index >= 15 is 0 Å². The number of carbonyl (C=O) groups is 3. The molecule has 0 aromatic carbocycles. The van der Waals surface area contributed by atoms with Crippen LogP contribution in [0.2, 0.25) is 0 Å². The van der Waals surface area contributed by atoms with Crippen LogP contribution in [0.25, 0.3) is 0 Å². The third-order valence-corrected chi connectivity index (χ3v) is 2.43. The molecule has 0 spiro atoms. The molecule has 0 amide bonds. The first-order chi connectivity index (χ1) is 10.5. The summed E-state index contributed by atoms with van der Waals surface area (Å²) in [6.45, 7) is 14.0. The summed E-state index contributed by atoms with van der Waals surface area (Å²) in [6.07, 6.45) is -0.225. The Bertz CT molecular complexity index is 461. The number of esters is 3. The average molecular weight is 326 g/mol. The summed E-state index contributed by atoms with van der Waals surface area (Å²) in [4.78, 5) is 35.4. The Labute approximate surface area is 135 Å². The van der Waals surface area contributed by atoms with E-state index in [9.17, 15) is 14.4 Å². The highest BCUT2D eigenvalue weighted by molar-refractivity contribution is 5.90. The van der Waals surface area contributed by atoms with E-state index in [2.05, 4.69) is 19.7 Å². The van der Waals surface area contributed by atoms with E-state index in [4.69, 9.17) is 19.3 Å². The first kappa shape index (κ1) is 20.6. The van der Waals surface area contributed by atoms with E-state index in [0.717, 1.165) is 0 Å². The second-order valence-corrected chi connectivity index (χ2v) is 5.02. The van der Waals surface area contributed by atoms with Crippen LogP contribution in [0.5, 0.6) is 0 Å². The highest BCUT2D eigenvalue weighted by atomic mass is 16.9. The van der Waals surface area contributed by atoms with Crippen LogP contribution in [0.1, 0.15) is 33.6 Å². The molecule has 0 aliphatic carbocycles. The molecule has 7 nitrogen and oxygen atoms in total.